The van der Waals surface area contributed by atoms with Gasteiger partial charge in [-0.3, -0.25) is 4.79 Å². The van der Waals surface area contributed by atoms with E-state index in [1.807, 2.05) is 0 Å². The van der Waals surface area contributed by atoms with Crippen molar-refractivity contribution in [1.29, 1.82) is 0 Å². The van der Waals surface area contributed by atoms with Crippen LogP contribution in [0.3, 0.4) is 0 Å². The molecule has 1 unspecified atom stereocenters. The molecule has 0 saturated heterocycles. The molecule has 0 fully saturated rings. The highest BCUT2D eigenvalue weighted by Gasteiger charge is 2.58. The summed E-state index contributed by atoms with van der Waals surface area (Å²) in [5.41, 5.74) is -3.40. The lowest BCUT2D eigenvalue weighted by molar-refractivity contribution is -0.273. The van der Waals surface area contributed by atoms with Crippen molar-refractivity contribution in [3.8, 4) is 0 Å². The Morgan fingerprint density at radius 2 is 2.13 bits per heavy atom. The quantitative estimate of drug-likeness (QED) is 0.449. The van der Waals surface area contributed by atoms with E-state index in [-0.39, 0.29) is 13.0 Å². The molecule has 0 aliphatic carbocycles. The maximum Gasteiger partial charge on any atom is 0.425 e. The molecule has 1 aromatic heterocycles. The van der Waals surface area contributed by atoms with Crippen molar-refractivity contribution in [2.45, 2.75) is 24.6 Å². The molecule has 1 rings (SSSR count). The number of carbonyl (C=O) groups is 2. The molecule has 0 aromatic carbocycles. The van der Waals surface area contributed by atoms with Gasteiger partial charge in [0.1, 0.15) is 5.76 Å². The van der Waals surface area contributed by atoms with Gasteiger partial charge in [0.2, 0.25) is 11.5 Å². The lowest BCUT2D eigenvalue weighted by atomic mass is 9.95. The van der Waals surface area contributed by atoms with Crippen molar-refractivity contribution in [3.63, 3.8) is 0 Å². The molecule has 23 heavy (non-hydrogen) atoms. The second kappa shape index (κ2) is 7.82. The SMILES string of the molecule is COC(=O)/C=C/CCNC(=O)CC(O)(c1ccco1)C(F)(F)F. The van der Waals surface area contributed by atoms with Gasteiger partial charge in [-0.25, -0.2) is 4.79 Å². The second-order valence-corrected chi connectivity index (χ2v) is 4.58. The number of hydrogen-bond donors (Lipinski definition) is 2. The first kappa shape index (κ1) is 18.8. The summed E-state index contributed by atoms with van der Waals surface area (Å²) in [7, 11) is 1.20. The van der Waals surface area contributed by atoms with E-state index < -0.39 is 35.8 Å². The lowest BCUT2D eigenvalue weighted by Crippen LogP contribution is -2.46. The topological polar surface area (TPSA) is 88.8 Å². The summed E-state index contributed by atoms with van der Waals surface area (Å²) in [4.78, 5) is 22.4. The molecule has 0 radical (unpaired) electrons. The van der Waals surface area contributed by atoms with Crippen LogP contribution in [0.2, 0.25) is 0 Å². The van der Waals surface area contributed by atoms with E-state index in [1.165, 1.54) is 19.3 Å². The summed E-state index contributed by atoms with van der Waals surface area (Å²) in [6.07, 6.45) is -2.60. The average Bonchev–Trinajstić information content (AvgIpc) is 2.99. The van der Waals surface area contributed by atoms with Gasteiger partial charge in [-0.15, -0.1) is 0 Å². The number of methoxy groups -OCH3 is 1. The van der Waals surface area contributed by atoms with Gasteiger partial charge in [0.05, 0.1) is 19.8 Å². The van der Waals surface area contributed by atoms with Crippen molar-refractivity contribution >= 4 is 11.9 Å². The van der Waals surface area contributed by atoms with Gasteiger partial charge in [0, 0.05) is 12.6 Å². The molecule has 6 nitrogen and oxygen atoms in total. The van der Waals surface area contributed by atoms with Crippen molar-refractivity contribution in [1.82, 2.24) is 5.32 Å². The Hall–Kier alpha value is -2.29. The largest absolute Gasteiger partial charge is 0.466 e. The fourth-order valence-electron chi connectivity index (χ4n) is 1.68. The minimum atomic E-state index is -5.08. The van der Waals surface area contributed by atoms with Gasteiger partial charge in [-0.1, -0.05) is 6.08 Å². The summed E-state index contributed by atoms with van der Waals surface area (Å²) >= 11 is 0. The number of aliphatic hydroxyl groups is 1. The molecule has 1 atom stereocenters. The highest BCUT2D eigenvalue weighted by molar-refractivity contribution is 5.81. The zero-order valence-electron chi connectivity index (χ0n) is 12.2. The molecule has 0 aliphatic heterocycles. The van der Waals surface area contributed by atoms with Crippen LogP contribution in [0.15, 0.2) is 35.0 Å². The van der Waals surface area contributed by atoms with E-state index in [4.69, 9.17) is 0 Å². The van der Waals surface area contributed by atoms with Gasteiger partial charge in [-0.05, 0) is 18.6 Å². The smallest absolute Gasteiger partial charge is 0.425 e. The Morgan fingerprint density at radius 3 is 2.65 bits per heavy atom. The van der Waals surface area contributed by atoms with Crippen molar-refractivity contribution in [3.05, 3.63) is 36.3 Å². The van der Waals surface area contributed by atoms with Crippen LogP contribution in [-0.4, -0.2) is 36.8 Å². The Morgan fingerprint density at radius 1 is 1.43 bits per heavy atom. The Balaban J connectivity index is 2.59. The summed E-state index contributed by atoms with van der Waals surface area (Å²) in [6.45, 7) is -0.00157. The Bertz CT molecular complexity index is 553. The fraction of sp³-hybridized carbons (Fsp3) is 0.429. The number of hydrogen-bond acceptors (Lipinski definition) is 5. The molecule has 128 valence electrons. The number of halogens is 3. The Labute approximate surface area is 129 Å². The molecule has 1 amide bonds. The van der Waals surface area contributed by atoms with Crippen LogP contribution in [-0.2, 0) is 19.9 Å². The van der Waals surface area contributed by atoms with Crippen molar-refractivity contribution in [2.75, 3.05) is 13.7 Å². The zero-order chi connectivity index (χ0) is 17.5. The van der Waals surface area contributed by atoms with Gasteiger partial charge in [0.25, 0.3) is 0 Å². The average molecular weight is 335 g/mol. The summed E-state index contributed by atoms with van der Waals surface area (Å²) < 4.78 is 48.1. The monoisotopic (exact) mass is 335 g/mol. The van der Waals surface area contributed by atoms with E-state index in [9.17, 15) is 27.9 Å². The van der Waals surface area contributed by atoms with Gasteiger partial charge in [0.15, 0.2) is 0 Å². The second-order valence-electron chi connectivity index (χ2n) is 4.58. The van der Waals surface area contributed by atoms with E-state index in [1.54, 1.807) is 0 Å². The molecule has 0 aliphatic rings. The van der Waals surface area contributed by atoms with Crippen LogP contribution in [0.5, 0.6) is 0 Å². The number of carbonyl (C=O) groups excluding carboxylic acids is 2. The van der Waals surface area contributed by atoms with Crippen LogP contribution in [0.25, 0.3) is 0 Å². The molecule has 2 N–H and O–H groups in total. The van der Waals surface area contributed by atoms with Crippen LogP contribution in [0.4, 0.5) is 13.2 Å². The molecule has 1 aromatic rings. The van der Waals surface area contributed by atoms with Gasteiger partial charge in [-0.2, -0.15) is 13.2 Å². The molecule has 0 saturated carbocycles. The zero-order valence-corrected chi connectivity index (χ0v) is 12.2. The molecule has 1 heterocycles. The molecule has 0 bridgehead atoms. The Kier molecular flexibility index (Phi) is 6.38. The van der Waals surface area contributed by atoms with Crippen LogP contribution in [0, 0.1) is 0 Å². The van der Waals surface area contributed by atoms with Crippen LogP contribution >= 0.6 is 0 Å². The third-order valence-corrected chi connectivity index (χ3v) is 2.90. The highest BCUT2D eigenvalue weighted by atomic mass is 19.4. The van der Waals surface area contributed by atoms with E-state index in [2.05, 4.69) is 14.5 Å². The highest BCUT2D eigenvalue weighted by Crippen LogP contribution is 2.41. The first-order chi connectivity index (χ1) is 10.7. The summed E-state index contributed by atoms with van der Waals surface area (Å²) in [5, 5.41) is 12.1. The summed E-state index contributed by atoms with van der Waals surface area (Å²) in [5.74, 6) is -2.35. The predicted molar refractivity (Wildman–Crippen MR) is 72.1 cm³/mol. The summed E-state index contributed by atoms with van der Waals surface area (Å²) in [6, 6.07) is 2.13. The number of furan rings is 1. The minimum absolute atomic E-state index is 0.00157. The maximum atomic E-state index is 13.0. The van der Waals surface area contributed by atoms with E-state index in [0.717, 1.165) is 18.4 Å². The maximum absolute atomic E-state index is 13.0. The first-order valence-electron chi connectivity index (χ1n) is 6.55. The predicted octanol–water partition coefficient (Wildman–Crippen LogP) is 1.66. The normalized spacial score (nSPS) is 14.5. The fourth-order valence-corrected chi connectivity index (χ4v) is 1.68. The lowest BCUT2D eigenvalue weighted by Gasteiger charge is -2.27. The van der Waals surface area contributed by atoms with Gasteiger partial charge >= 0.3 is 12.1 Å². The molecular weight excluding hydrogens is 319 g/mol. The third-order valence-electron chi connectivity index (χ3n) is 2.90. The number of alkyl halides is 3. The molecule has 9 heteroatoms. The molecular formula is C14H16F3NO5. The third kappa shape index (κ3) is 5.13. The minimum Gasteiger partial charge on any atom is -0.466 e. The number of ether oxygens (including phenoxy) is 1. The van der Waals surface area contributed by atoms with Crippen molar-refractivity contribution < 1.29 is 37.0 Å². The van der Waals surface area contributed by atoms with E-state index >= 15 is 0 Å². The first-order valence-corrected chi connectivity index (χ1v) is 6.55. The van der Waals surface area contributed by atoms with Crippen molar-refractivity contribution in [2.24, 2.45) is 0 Å². The van der Waals surface area contributed by atoms with Crippen LogP contribution in [0.1, 0.15) is 18.6 Å². The standard InChI is InChI=1S/C14H16F3NO5/c1-22-12(20)6-2-3-7-18-11(19)9-13(21,14(15,16)17)10-5-4-8-23-10/h2,4-6,8,21H,3,7,9H2,1H3,(H,18,19)/b6-2+. The van der Waals surface area contributed by atoms with Crippen LogP contribution < -0.4 is 5.32 Å². The number of rotatable bonds is 7. The molecule has 0 spiro atoms. The van der Waals surface area contributed by atoms with E-state index in [0.29, 0.717) is 0 Å². The van der Waals surface area contributed by atoms with Gasteiger partial charge < -0.3 is 19.6 Å². The number of esters is 1. The number of nitrogens with one attached hydrogen (secondary N) is 1. The number of amides is 1.